The first kappa shape index (κ1) is 16.6. The standard InChI is InChI=1S/C18H19N5O2/c1-12-4-3-5-14(10-12)19-18(24)16(17-20-22-23-21-17)11-13-6-8-15(25-2)9-7-13/h3-10,16H,11H2,1-2H3,(H,19,24)(H,20,21,22,23). The molecule has 0 radical (unpaired) electrons. The van der Waals surface area contributed by atoms with Crippen molar-refractivity contribution >= 4 is 11.6 Å². The van der Waals surface area contributed by atoms with Crippen LogP contribution in [0.5, 0.6) is 5.75 Å². The van der Waals surface area contributed by atoms with E-state index in [0.717, 1.165) is 22.6 Å². The second-order valence-corrected chi connectivity index (χ2v) is 5.73. The second kappa shape index (κ2) is 7.57. The molecule has 0 aliphatic heterocycles. The summed E-state index contributed by atoms with van der Waals surface area (Å²) in [7, 11) is 1.62. The molecule has 0 saturated heterocycles. The maximum atomic E-state index is 12.8. The number of ether oxygens (including phenoxy) is 1. The Morgan fingerprint density at radius 2 is 2.04 bits per heavy atom. The largest absolute Gasteiger partial charge is 0.497 e. The van der Waals surface area contributed by atoms with Gasteiger partial charge >= 0.3 is 0 Å². The van der Waals surface area contributed by atoms with E-state index >= 15 is 0 Å². The number of nitrogens with zero attached hydrogens (tertiary/aromatic N) is 3. The summed E-state index contributed by atoms with van der Waals surface area (Å²) in [6.07, 6.45) is 0.460. The number of aromatic nitrogens is 4. The van der Waals surface area contributed by atoms with Crippen LogP contribution in [0.1, 0.15) is 22.9 Å². The molecule has 128 valence electrons. The lowest BCUT2D eigenvalue weighted by Gasteiger charge is -2.14. The smallest absolute Gasteiger partial charge is 0.235 e. The first-order chi connectivity index (χ1) is 12.2. The van der Waals surface area contributed by atoms with Crippen LogP contribution >= 0.6 is 0 Å². The van der Waals surface area contributed by atoms with Crippen molar-refractivity contribution in [2.45, 2.75) is 19.3 Å². The van der Waals surface area contributed by atoms with Crippen LogP contribution in [0.25, 0.3) is 0 Å². The molecule has 1 amide bonds. The molecule has 0 saturated carbocycles. The zero-order valence-electron chi connectivity index (χ0n) is 14.1. The van der Waals surface area contributed by atoms with Crippen molar-refractivity contribution in [2.24, 2.45) is 0 Å². The molecule has 0 bridgehead atoms. The quantitative estimate of drug-likeness (QED) is 0.721. The molecule has 3 rings (SSSR count). The number of rotatable bonds is 6. The van der Waals surface area contributed by atoms with Gasteiger partial charge < -0.3 is 10.1 Å². The number of tetrazole rings is 1. The highest BCUT2D eigenvalue weighted by atomic mass is 16.5. The van der Waals surface area contributed by atoms with Gasteiger partial charge in [0.15, 0.2) is 5.82 Å². The van der Waals surface area contributed by atoms with Crippen molar-refractivity contribution in [3.63, 3.8) is 0 Å². The lowest BCUT2D eigenvalue weighted by Crippen LogP contribution is -2.24. The predicted molar refractivity (Wildman–Crippen MR) is 93.4 cm³/mol. The lowest BCUT2D eigenvalue weighted by atomic mass is 9.97. The van der Waals surface area contributed by atoms with Crippen LogP contribution in [0.2, 0.25) is 0 Å². The van der Waals surface area contributed by atoms with Crippen molar-refractivity contribution in [3.8, 4) is 5.75 Å². The number of methoxy groups -OCH3 is 1. The van der Waals surface area contributed by atoms with Crippen molar-refractivity contribution in [2.75, 3.05) is 12.4 Å². The van der Waals surface area contributed by atoms with Gasteiger partial charge in [-0.05, 0) is 48.7 Å². The van der Waals surface area contributed by atoms with Crippen LogP contribution in [0.15, 0.2) is 48.5 Å². The second-order valence-electron chi connectivity index (χ2n) is 5.73. The van der Waals surface area contributed by atoms with Crippen molar-refractivity contribution in [3.05, 3.63) is 65.5 Å². The van der Waals surface area contributed by atoms with Gasteiger partial charge in [-0.15, -0.1) is 10.2 Å². The van der Waals surface area contributed by atoms with E-state index in [2.05, 4.69) is 25.9 Å². The highest BCUT2D eigenvalue weighted by Crippen LogP contribution is 2.22. The van der Waals surface area contributed by atoms with Gasteiger partial charge in [0.05, 0.1) is 7.11 Å². The molecule has 1 atom stereocenters. The van der Waals surface area contributed by atoms with E-state index in [9.17, 15) is 4.79 Å². The number of hydrogen-bond donors (Lipinski definition) is 2. The first-order valence-electron chi connectivity index (χ1n) is 7.89. The van der Waals surface area contributed by atoms with Gasteiger partial charge in [-0.25, -0.2) is 0 Å². The van der Waals surface area contributed by atoms with Gasteiger partial charge in [-0.2, -0.15) is 5.21 Å². The fourth-order valence-corrected chi connectivity index (χ4v) is 2.57. The third-order valence-corrected chi connectivity index (χ3v) is 3.87. The average molecular weight is 337 g/mol. The average Bonchev–Trinajstić information content (AvgIpc) is 3.14. The minimum Gasteiger partial charge on any atom is -0.497 e. The van der Waals surface area contributed by atoms with Crippen LogP contribution in [0.3, 0.4) is 0 Å². The molecule has 0 aliphatic rings. The van der Waals surface area contributed by atoms with Crippen molar-refractivity contribution < 1.29 is 9.53 Å². The number of hydrogen-bond acceptors (Lipinski definition) is 5. The summed E-state index contributed by atoms with van der Waals surface area (Å²) in [6.45, 7) is 1.98. The van der Waals surface area contributed by atoms with Gasteiger partial charge in [0.1, 0.15) is 11.7 Å². The number of nitrogens with one attached hydrogen (secondary N) is 2. The number of amides is 1. The molecule has 7 nitrogen and oxygen atoms in total. The van der Waals surface area contributed by atoms with Crippen LogP contribution in [-0.4, -0.2) is 33.6 Å². The van der Waals surface area contributed by atoms with Crippen LogP contribution in [0, 0.1) is 6.92 Å². The normalized spacial score (nSPS) is 11.8. The number of H-pyrrole nitrogens is 1. The number of benzene rings is 2. The molecule has 1 aromatic heterocycles. The molecule has 7 heteroatoms. The topological polar surface area (TPSA) is 92.8 Å². The minimum absolute atomic E-state index is 0.178. The van der Waals surface area contributed by atoms with E-state index in [-0.39, 0.29) is 5.91 Å². The maximum Gasteiger partial charge on any atom is 0.235 e. The van der Waals surface area contributed by atoms with Crippen LogP contribution in [0.4, 0.5) is 5.69 Å². The third-order valence-electron chi connectivity index (χ3n) is 3.87. The minimum atomic E-state index is -0.548. The van der Waals surface area contributed by atoms with E-state index in [1.807, 2.05) is 55.5 Å². The summed E-state index contributed by atoms with van der Waals surface area (Å²) >= 11 is 0. The number of carbonyl (C=O) groups is 1. The summed E-state index contributed by atoms with van der Waals surface area (Å²) < 4.78 is 5.17. The van der Waals surface area contributed by atoms with Gasteiger partial charge in [0.25, 0.3) is 0 Å². The maximum absolute atomic E-state index is 12.8. The highest BCUT2D eigenvalue weighted by Gasteiger charge is 2.25. The molecule has 1 unspecified atom stereocenters. The lowest BCUT2D eigenvalue weighted by molar-refractivity contribution is -0.117. The van der Waals surface area contributed by atoms with Gasteiger partial charge in [-0.1, -0.05) is 29.5 Å². The Morgan fingerprint density at radius 3 is 2.68 bits per heavy atom. The number of carbonyl (C=O) groups excluding carboxylic acids is 1. The molecule has 2 aromatic carbocycles. The molecular weight excluding hydrogens is 318 g/mol. The van der Waals surface area contributed by atoms with Crippen LogP contribution in [-0.2, 0) is 11.2 Å². The molecule has 1 heterocycles. The summed E-state index contributed by atoms with van der Waals surface area (Å²) in [5.74, 6) is 0.403. The third kappa shape index (κ3) is 4.20. The number of anilines is 1. The zero-order valence-corrected chi connectivity index (χ0v) is 14.1. The Kier molecular flexibility index (Phi) is 5.03. The molecule has 0 aliphatic carbocycles. The first-order valence-corrected chi connectivity index (χ1v) is 7.89. The zero-order chi connectivity index (χ0) is 17.6. The Bertz CT molecular complexity index is 831. The fraction of sp³-hybridized carbons (Fsp3) is 0.222. The molecule has 25 heavy (non-hydrogen) atoms. The van der Waals surface area contributed by atoms with Crippen molar-refractivity contribution in [1.29, 1.82) is 0 Å². The Hall–Kier alpha value is -3.22. The summed E-state index contributed by atoms with van der Waals surface area (Å²) in [5, 5.41) is 16.9. The van der Waals surface area contributed by atoms with Crippen LogP contribution < -0.4 is 10.1 Å². The number of aryl methyl sites for hydroxylation is 1. The van der Waals surface area contributed by atoms with Crippen molar-refractivity contribution in [1.82, 2.24) is 20.6 Å². The van der Waals surface area contributed by atoms with E-state index in [1.54, 1.807) is 7.11 Å². The van der Waals surface area contributed by atoms with Gasteiger partial charge in [0, 0.05) is 5.69 Å². The molecule has 0 spiro atoms. The van der Waals surface area contributed by atoms with Gasteiger partial charge in [-0.3, -0.25) is 4.79 Å². The monoisotopic (exact) mass is 337 g/mol. The van der Waals surface area contributed by atoms with E-state index in [1.165, 1.54) is 0 Å². The van der Waals surface area contributed by atoms with E-state index in [0.29, 0.717) is 12.2 Å². The Labute approximate surface area is 145 Å². The number of aromatic amines is 1. The van der Waals surface area contributed by atoms with E-state index in [4.69, 9.17) is 4.74 Å². The summed E-state index contributed by atoms with van der Waals surface area (Å²) in [5.41, 5.74) is 2.80. The Balaban J connectivity index is 1.80. The SMILES string of the molecule is COc1ccc(CC(C(=O)Nc2cccc(C)c2)c2nn[nH]n2)cc1. The van der Waals surface area contributed by atoms with Gasteiger partial charge in [0.2, 0.25) is 5.91 Å². The molecule has 0 fully saturated rings. The Morgan fingerprint density at radius 1 is 1.24 bits per heavy atom. The van der Waals surface area contributed by atoms with E-state index < -0.39 is 5.92 Å². The summed E-state index contributed by atoms with van der Waals surface area (Å²) in [4.78, 5) is 12.8. The fourth-order valence-electron chi connectivity index (χ4n) is 2.57. The molecule has 2 N–H and O–H groups in total. The predicted octanol–water partition coefficient (Wildman–Crippen LogP) is 2.48. The highest BCUT2D eigenvalue weighted by molar-refractivity contribution is 5.95. The summed E-state index contributed by atoms with van der Waals surface area (Å²) in [6, 6.07) is 15.2. The molecular formula is C18H19N5O2. The molecule has 3 aromatic rings.